The fourth-order valence-corrected chi connectivity index (χ4v) is 24.5. The number of hydrogen-bond acceptors (Lipinski definition) is 35. The van der Waals surface area contributed by atoms with Crippen molar-refractivity contribution in [3.8, 4) is 0 Å². The van der Waals surface area contributed by atoms with Crippen LogP contribution in [-0.2, 0) is 76.4 Å². The summed E-state index contributed by atoms with van der Waals surface area (Å²) in [7, 11) is 0. The van der Waals surface area contributed by atoms with Crippen molar-refractivity contribution in [3.05, 3.63) is 0 Å². The van der Waals surface area contributed by atoms with Crippen LogP contribution in [0.15, 0.2) is 0 Å². The molecule has 1 saturated heterocycles. The molecular weight excluding hydrogens is 2010 g/mol. The molecule has 18 atom stereocenters. The van der Waals surface area contributed by atoms with Crippen molar-refractivity contribution in [1.29, 1.82) is 0 Å². The number of hydrogen-bond donors (Lipinski definition) is 12. The number of aliphatic hydroxyl groups is 2. The number of carbonyl (C=O) groups is 11. The number of thioether (sulfide) groups is 9. The van der Waals surface area contributed by atoms with Gasteiger partial charge in [0, 0.05) is 68.3 Å². The van der Waals surface area contributed by atoms with Gasteiger partial charge >= 0.3 is 35.8 Å². The maximum absolute atomic E-state index is 11.8. The second kappa shape index (κ2) is 87.8. The van der Waals surface area contributed by atoms with E-state index in [1.165, 1.54) is 36.9 Å². The van der Waals surface area contributed by atoms with Crippen LogP contribution in [-0.4, -0.2) is 297 Å². The Morgan fingerprint density at radius 1 is 0.410 bits per heavy atom. The summed E-state index contributed by atoms with van der Waals surface area (Å²) in [5.41, 5.74) is 39.2. The highest BCUT2D eigenvalue weighted by Crippen LogP contribution is 2.39. The second-order valence-electron chi connectivity index (χ2n) is 42.4. The number of carboxylic acid groups (broad SMARTS) is 1. The van der Waals surface area contributed by atoms with Gasteiger partial charge in [0.15, 0.2) is 0 Å². The van der Waals surface area contributed by atoms with E-state index in [1.807, 2.05) is 158 Å². The van der Waals surface area contributed by atoms with Gasteiger partial charge in [-0.3, -0.25) is 57.6 Å². The molecule has 144 heavy (non-hydrogen) atoms. The molecule has 29 nitrogen and oxygen atoms in total. The monoisotopic (exact) mass is 2220 g/mol. The third-order valence-corrected chi connectivity index (χ3v) is 32.2. The van der Waals surface area contributed by atoms with E-state index in [0.717, 1.165) is 38.6 Å². The van der Waals surface area contributed by atoms with E-state index < -0.39 is 88.7 Å². The standard InChI is InChI=1S/C14H28OS.C12H26N2O2S.C12H25NO2S.C12H23NOS.C12H22O2S.2C11H22N2O3S.C11H23NO2S.C10H21NO3S.CH4/c1-9(2)8-13(12(7)15)14(10(3)4)16-11(5)6;1-8(2)16-12(15)11(14)7-10(5-6-13)17-9(3)4;1-7(2)11(16-9(5)6)10(13)12(14)15-8(3)4;1-8(2)13-7-11(15-9(3)4)6-12(13)10(5)14;1-8(2)14-12(13)10-5-6-11(7-10)15-9(3)4;1-6(2)13-8(11(15)16)5-9(10(12)14)17-7(3)4;1-6(2)16-11(15)8(12)5-9(10(13)14)17-7(3)4;1-7(2)12-11(9(5)13)10(14)6-15-8(3)4;1-6(2)14-10(13)9(11)8(12)5-15-7(3)4;/h9-11,13-14H,8H2,1-7H3;8-11H,5-7,13-14H2,1-4H3;7-11H,13H2,1-6H3;8-9,11-12H,6-7H2,1-5H3;8-11H,5-7H2,1-4H3;6-9,13H,5H2,1-4H3,(H2,12,14)(H,15,16);6-9H,5,12H2,1-4H3,(H2,13,14);7-8,10-12,14H,6H2,1-5H3;6-9,12H,5,11H2,1-4H3;1H4. The number of likely N-dealkylation sites (tertiary alicyclic amines) is 1. The molecule has 1 heterocycles. The predicted octanol–water partition coefficient (Wildman–Crippen LogP) is 18.5. The van der Waals surface area contributed by atoms with E-state index in [1.54, 1.807) is 76.8 Å². The van der Waals surface area contributed by atoms with Crippen LogP contribution in [0.3, 0.4) is 0 Å². The van der Waals surface area contributed by atoms with Crippen molar-refractivity contribution in [1.82, 2.24) is 15.5 Å². The smallest absolute Gasteiger partial charge is 0.325 e. The number of carboxylic acids is 1. The molecule has 18 unspecified atom stereocenters. The topological polar surface area (TPSA) is 504 Å². The van der Waals surface area contributed by atoms with E-state index >= 15 is 0 Å². The zero-order chi connectivity index (χ0) is 113. The molecule has 2 aliphatic rings. The minimum absolute atomic E-state index is 0. The van der Waals surface area contributed by atoms with Gasteiger partial charge in [0.25, 0.3) is 0 Å². The van der Waals surface area contributed by atoms with Gasteiger partial charge in [0.05, 0.1) is 71.2 Å². The molecule has 0 radical (unpaired) electrons. The highest BCUT2D eigenvalue weighted by Gasteiger charge is 2.39. The van der Waals surface area contributed by atoms with Crippen molar-refractivity contribution >= 4 is 171 Å². The Kier molecular flexibility index (Phi) is 95.6. The van der Waals surface area contributed by atoms with Crippen LogP contribution in [0.5, 0.6) is 0 Å². The molecule has 1 aliphatic heterocycles. The molecule has 1 saturated carbocycles. The van der Waals surface area contributed by atoms with Gasteiger partial charge in [-0.05, 0) is 233 Å². The molecule has 0 aromatic carbocycles. The second-order valence-corrected chi connectivity index (χ2v) is 58.3. The first-order chi connectivity index (χ1) is 65.4. The first-order valence-corrected chi connectivity index (χ1v) is 60.7. The Balaban J connectivity index is -0.000000241. The van der Waals surface area contributed by atoms with Gasteiger partial charge in [-0.15, -0.1) is 23.5 Å². The molecule has 38 heteroatoms. The number of nitrogens with one attached hydrogen (secondary N) is 2. The van der Waals surface area contributed by atoms with E-state index in [9.17, 15) is 63.0 Å². The summed E-state index contributed by atoms with van der Waals surface area (Å²) < 4.78 is 25.4. The van der Waals surface area contributed by atoms with Crippen LogP contribution in [0.4, 0.5) is 0 Å². The van der Waals surface area contributed by atoms with Gasteiger partial charge in [-0.2, -0.15) is 82.3 Å². The molecule has 0 spiro atoms. The largest absolute Gasteiger partial charge is 0.480 e. The minimum Gasteiger partial charge on any atom is -0.480 e. The summed E-state index contributed by atoms with van der Waals surface area (Å²) in [5.74, 6) is 0.180. The summed E-state index contributed by atoms with van der Waals surface area (Å²) in [6.07, 6.45) is 5.14. The number of nitrogens with two attached hydrogens (primary N) is 7. The van der Waals surface area contributed by atoms with Gasteiger partial charge in [0.1, 0.15) is 47.6 Å². The van der Waals surface area contributed by atoms with Gasteiger partial charge in [-0.25, -0.2) is 0 Å². The average Bonchev–Trinajstić information content (AvgIpc) is 1.70. The molecule has 19 N–H and O–H groups in total. The van der Waals surface area contributed by atoms with E-state index in [4.69, 9.17) is 68.9 Å². The van der Waals surface area contributed by atoms with Crippen molar-refractivity contribution in [3.63, 3.8) is 0 Å². The van der Waals surface area contributed by atoms with Gasteiger partial charge in [0.2, 0.25) is 11.8 Å². The van der Waals surface area contributed by atoms with Crippen LogP contribution >= 0.6 is 106 Å². The predicted molar refractivity (Wildman–Crippen MR) is 627 cm³/mol. The van der Waals surface area contributed by atoms with Gasteiger partial charge < -0.3 is 89.8 Å². The van der Waals surface area contributed by atoms with E-state index in [-0.39, 0.29) is 120 Å². The number of aliphatic carboxylic acids is 1. The number of nitrogens with zero attached hydrogens (tertiary/aromatic N) is 1. The summed E-state index contributed by atoms with van der Waals surface area (Å²) in [4.78, 5) is 128. The molecule has 858 valence electrons. The lowest BCUT2D eigenvalue weighted by molar-refractivity contribution is -0.152. The van der Waals surface area contributed by atoms with Crippen molar-refractivity contribution in [2.45, 2.75) is 550 Å². The van der Waals surface area contributed by atoms with Crippen LogP contribution in [0, 0.1) is 29.6 Å². The SMILES string of the molecule is C.CC(=O)C(CC(C)C)C(SC(C)C)C(C)C.CC(=O)C(NC(C)C)C(O)CSC(C)C.CC(=O)C1CC(SC(C)C)CN1C(C)C.CC(C)NC(CC(SC(C)C)C(N)=O)C(=O)O.CC(C)OC(=O)C(N)C(O)CSC(C)C.CC(C)OC(=O)C(N)C(SC(C)C)C(C)C.CC(C)OC(=O)C(N)CC(CCN)SC(C)C.CC(C)OC(=O)C(N)CC(SC(C)C)C(N)=O.CC(C)OC(=O)C1CCC(SC(C)C)C1. The maximum Gasteiger partial charge on any atom is 0.325 e. The van der Waals surface area contributed by atoms with Crippen molar-refractivity contribution < 1.29 is 91.7 Å². The first-order valence-electron chi connectivity index (χ1n) is 52.0. The normalized spacial score (nSPS) is 17.7. The number of carbonyl (C=O) groups excluding carboxylic acids is 10. The van der Waals surface area contributed by atoms with E-state index in [2.05, 4.69) is 154 Å². The molecule has 2 amide bonds. The Morgan fingerprint density at radius 2 is 0.785 bits per heavy atom. The maximum atomic E-state index is 11.8. The van der Waals surface area contributed by atoms with Gasteiger partial charge in [-0.1, -0.05) is 201 Å². The quantitative estimate of drug-likeness (QED) is 0.0199. The summed E-state index contributed by atoms with van der Waals surface area (Å²) in [5, 5.41) is 40.1. The lowest BCUT2D eigenvalue weighted by atomic mass is 9.86. The third kappa shape index (κ3) is 86.9. The first kappa shape index (κ1) is 157. The summed E-state index contributed by atoms with van der Waals surface area (Å²) in [6.45, 7) is 87.7. The highest BCUT2D eigenvalue weighted by atomic mass is 32.2. The minimum atomic E-state index is -0.950. The van der Waals surface area contributed by atoms with Crippen LogP contribution in [0.25, 0.3) is 0 Å². The third-order valence-electron chi connectivity index (χ3n) is 19.8. The zero-order valence-electron chi connectivity index (χ0n) is 96.7. The average molecular weight is 2220 g/mol. The summed E-state index contributed by atoms with van der Waals surface area (Å²) in [6, 6.07) is -3.09. The highest BCUT2D eigenvalue weighted by molar-refractivity contribution is 8.02. The Morgan fingerprint density at radius 3 is 1.10 bits per heavy atom. The Labute approximate surface area is 915 Å². The van der Waals surface area contributed by atoms with Crippen LogP contribution in [0.2, 0.25) is 0 Å². The summed E-state index contributed by atoms with van der Waals surface area (Å²) >= 11 is 15.6. The van der Waals surface area contributed by atoms with E-state index in [0.29, 0.717) is 118 Å². The molecular formula is C106H216N10O19S9. The molecule has 0 aromatic rings. The number of ketones is 3. The van der Waals surface area contributed by atoms with Crippen molar-refractivity contribution in [2.75, 3.05) is 24.6 Å². The lowest BCUT2D eigenvalue weighted by Crippen LogP contribution is -2.49. The van der Waals surface area contributed by atoms with Crippen molar-refractivity contribution in [2.24, 2.45) is 69.7 Å². The molecule has 1 aliphatic carbocycles. The number of amides is 2. The number of esters is 5. The molecule has 0 aromatic heterocycles. The number of primary amides is 2. The number of aliphatic hydroxyl groups excluding tert-OH is 2. The number of ether oxygens (including phenoxy) is 5. The fraction of sp³-hybridized carbons (Fsp3) is 0.896. The van der Waals surface area contributed by atoms with Crippen LogP contribution < -0.4 is 50.8 Å². The molecule has 2 rings (SSSR count). The fourth-order valence-electron chi connectivity index (χ4n) is 14.0. The number of rotatable bonds is 57. The lowest BCUT2D eigenvalue weighted by Gasteiger charge is -2.30. The number of Topliss-reactive ketones (excluding diaryl/α,β-unsaturated/α-hetero) is 3. The Hall–Kier alpha value is -2.48. The molecule has 2 fully saturated rings. The van der Waals surface area contributed by atoms with Crippen LogP contribution in [0.1, 0.15) is 363 Å². The Bertz CT molecular complexity index is 3310. The molecule has 0 bridgehead atoms. The zero-order valence-corrected chi connectivity index (χ0v) is 104.